The highest BCUT2D eigenvalue weighted by Crippen LogP contribution is 2.21. The van der Waals surface area contributed by atoms with Gasteiger partial charge in [-0.25, -0.2) is 0 Å². The molecule has 0 radical (unpaired) electrons. The summed E-state index contributed by atoms with van der Waals surface area (Å²) >= 11 is 0. The van der Waals surface area contributed by atoms with E-state index in [2.05, 4.69) is 4.98 Å². The van der Waals surface area contributed by atoms with E-state index in [1.54, 1.807) is 6.20 Å². The first-order valence-electron chi connectivity index (χ1n) is 6.97. The molecule has 0 bridgehead atoms. The van der Waals surface area contributed by atoms with Gasteiger partial charge in [0.1, 0.15) is 18.1 Å². The highest BCUT2D eigenvalue weighted by atomic mass is 16.5. The summed E-state index contributed by atoms with van der Waals surface area (Å²) in [6.45, 7) is 1.36. The number of carbonyl (C=O) groups excluding carboxylic acids is 1. The first-order valence-corrected chi connectivity index (χ1v) is 6.97. The largest absolute Gasteiger partial charge is 0.491 e. The summed E-state index contributed by atoms with van der Waals surface area (Å²) in [5.74, 6) is 0.917. The standard InChI is InChI=1S/C16H18N2O2/c19-16(15-9-4-10-17-15)18-11-5-6-13(18)12-20-14-7-2-1-3-8-14/h1-4,7-10,13,17H,5-6,11-12H2/t13-/m1/s1. The van der Waals surface area contributed by atoms with Gasteiger partial charge in [0.2, 0.25) is 0 Å². The van der Waals surface area contributed by atoms with E-state index in [0.717, 1.165) is 25.1 Å². The van der Waals surface area contributed by atoms with Gasteiger partial charge < -0.3 is 14.6 Å². The zero-order chi connectivity index (χ0) is 13.8. The van der Waals surface area contributed by atoms with E-state index in [-0.39, 0.29) is 11.9 Å². The van der Waals surface area contributed by atoms with Crippen LogP contribution in [0.25, 0.3) is 0 Å². The lowest BCUT2D eigenvalue weighted by Crippen LogP contribution is -2.39. The molecule has 2 aromatic rings. The van der Waals surface area contributed by atoms with E-state index in [9.17, 15) is 4.79 Å². The Balaban J connectivity index is 1.63. The summed E-state index contributed by atoms with van der Waals surface area (Å²) in [7, 11) is 0. The van der Waals surface area contributed by atoms with Crippen molar-refractivity contribution in [3.8, 4) is 5.75 Å². The van der Waals surface area contributed by atoms with E-state index >= 15 is 0 Å². The summed E-state index contributed by atoms with van der Waals surface area (Å²) in [6.07, 6.45) is 3.81. The number of likely N-dealkylation sites (tertiary alicyclic amines) is 1. The van der Waals surface area contributed by atoms with Gasteiger partial charge in [-0.1, -0.05) is 18.2 Å². The molecule has 104 valence electrons. The Hall–Kier alpha value is -2.23. The van der Waals surface area contributed by atoms with Crippen molar-refractivity contribution in [2.24, 2.45) is 0 Å². The van der Waals surface area contributed by atoms with Crippen molar-refractivity contribution in [2.45, 2.75) is 18.9 Å². The van der Waals surface area contributed by atoms with E-state index in [1.807, 2.05) is 47.4 Å². The summed E-state index contributed by atoms with van der Waals surface area (Å²) in [4.78, 5) is 17.3. The lowest BCUT2D eigenvalue weighted by molar-refractivity contribution is 0.0686. The fourth-order valence-corrected chi connectivity index (χ4v) is 2.60. The Kier molecular flexibility index (Phi) is 3.72. The lowest BCUT2D eigenvalue weighted by Gasteiger charge is -2.24. The number of H-pyrrole nitrogens is 1. The molecule has 3 rings (SSSR count). The van der Waals surface area contributed by atoms with Crippen LogP contribution in [0.2, 0.25) is 0 Å². The Morgan fingerprint density at radius 2 is 2.10 bits per heavy atom. The smallest absolute Gasteiger partial charge is 0.270 e. The number of nitrogens with one attached hydrogen (secondary N) is 1. The molecule has 1 aliphatic heterocycles. The van der Waals surface area contributed by atoms with Gasteiger partial charge in [-0.3, -0.25) is 4.79 Å². The number of carbonyl (C=O) groups is 1. The van der Waals surface area contributed by atoms with Crippen LogP contribution >= 0.6 is 0 Å². The zero-order valence-electron chi connectivity index (χ0n) is 11.3. The fraction of sp³-hybridized carbons (Fsp3) is 0.312. The summed E-state index contributed by atoms with van der Waals surface area (Å²) < 4.78 is 5.78. The molecule has 4 nitrogen and oxygen atoms in total. The van der Waals surface area contributed by atoms with Gasteiger partial charge in [0.25, 0.3) is 5.91 Å². The van der Waals surface area contributed by atoms with Crippen LogP contribution in [0.4, 0.5) is 0 Å². The van der Waals surface area contributed by atoms with Gasteiger partial charge in [0.05, 0.1) is 6.04 Å². The predicted octanol–water partition coefficient (Wildman–Crippen LogP) is 2.70. The van der Waals surface area contributed by atoms with Crippen LogP contribution in [-0.2, 0) is 0 Å². The van der Waals surface area contributed by atoms with Crippen LogP contribution in [0.15, 0.2) is 48.7 Å². The van der Waals surface area contributed by atoms with Crippen LogP contribution in [0.1, 0.15) is 23.3 Å². The molecule has 1 aromatic carbocycles. The highest BCUT2D eigenvalue weighted by Gasteiger charge is 2.30. The van der Waals surface area contributed by atoms with Gasteiger partial charge in [-0.05, 0) is 37.1 Å². The van der Waals surface area contributed by atoms with Crippen LogP contribution in [0, 0.1) is 0 Å². The molecular weight excluding hydrogens is 252 g/mol. The van der Waals surface area contributed by atoms with Crippen molar-refractivity contribution in [1.82, 2.24) is 9.88 Å². The van der Waals surface area contributed by atoms with Crippen molar-refractivity contribution >= 4 is 5.91 Å². The van der Waals surface area contributed by atoms with E-state index in [1.165, 1.54) is 0 Å². The van der Waals surface area contributed by atoms with Crippen molar-refractivity contribution in [3.05, 3.63) is 54.4 Å². The number of aromatic nitrogens is 1. The number of benzene rings is 1. The van der Waals surface area contributed by atoms with Gasteiger partial charge in [-0.15, -0.1) is 0 Å². The molecule has 0 unspecified atom stereocenters. The van der Waals surface area contributed by atoms with Crippen molar-refractivity contribution in [3.63, 3.8) is 0 Å². The normalized spacial score (nSPS) is 18.2. The Bertz CT molecular complexity index is 551. The van der Waals surface area contributed by atoms with Crippen LogP contribution < -0.4 is 4.74 Å². The molecule has 0 spiro atoms. The third-order valence-corrected chi connectivity index (χ3v) is 3.65. The molecule has 4 heteroatoms. The molecule has 1 amide bonds. The number of aromatic amines is 1. The number of rotatable bonds is 4. The van der Waals surface area contributed by atoms with Crippen molar-refractivity contribution < 1.29 is 9.53 Å². The Morgan fingerprint density at radius 3 is 2.85 bits per heavy atom. The number of para-hydroxylation sites is 1. The maximum Gasteiger partial charge on any atom is 0.270 e. The number of hydrogen-bond acceptors (Lipinski definition) is 2. The number of hydrogen-bond donors (Lipinski definition) is 1. The molecule has 1 fully saturated rings. The minimum Gasteiger partial charge on any atom is -0.491 e. The molecule has 1 saturated heterocycles. The Labute approximate surface area is 118 Å². The van der Waals surface area contributed by atoms with Gasteiger partial charge in [-0.2, -0.15) is 0 Å². The van der Waals surface area contributed by atoms with Gasteiger partial charge >= 0.3 is 0 Å². The molecule has 1 aliphatic rings. The molecule has 1 N–H and O–H groups in total. The Morgan fingerprint density at radius 1 is 1.25 bits per heavy atom. The molecule has 20 heavy (non-hydrogen) atoms. The maximum atomic E-state index is 12.4. The summed E-state index contributed by atoms with van der Waals surface area (Å²) in [6, 6.07) is 13.6. The molecule has 1 aromatic heterocycles. The van der Waals surface area contributed by atoms with Crippen LogP contribution in [-0.4, -0.2) is 35.0 Å². The van der Waals surface area contributed by atoms with Gasteiger partial charge in [0, 0.05) is 12.7 Å². The first kappa shape index (κ1) is 12.8. The predicted molar refractivity (Wildman–Crippen MR) is 76.8 cm³/mol. The first-order chi connectivity index (χ1) is 9.84. The molecule has 0 saturated carbocycles. The number of nitrogens with zero attached hydrogens (tertiary/aromatic N) is 1. The summed E-state index contributed by atoms with van der Waals surface area (Å²) in [5, 5.41) is 0. The second-order valence-corrected chi connectivity index (χ2v) is 5.00. The molecular formula is C16H18N2O2. The van der Waals surface area contributed by atoms with Crippen molar-refractivity contribution in [2.75, 3.05) is 13.2 Å². The summed E-state index contributed by atoms with van der Waals surface area (Å²) in [5.41, 5.74) is 0.650. The molecule has 2 heterocycles. The van der Waals surface area contributed by atoms with E-state index in [0.29, 0.717) is 12.3 Å². The SMILES string of the molecule is O=C(c1ccc[nH]1)N1CCC[C@@H]1COc1ccccc1. The second kappa shape index (κ2) is 5.82. The number of ether oxygens (including phenoxy) is 1. The third-order valence-electron chi connectivity index (χ3n) is 3.65. The highest BCUT2D eigenvalue weighted by molar-refractivity contribution is 5.92. The monoisotopic (exact) mass is 270 g/mol. The number of amides is 1. The van der Waals surface area contributed by atoms with Crippen LogP contribution in [0.3, 0.4) is 0 Å². The average molecular weight is 270 g/mol. The lowest BCUT2D eigenvalue weighted by atomic mass is 10.2. The minimum atomic E-state index is 0.0640. The van der Waals surface area contributed by atoms with E-state index < -0.39 is 0 Å². The van der Waals surface area contributed by atoms with E-state index in [4.69, 9.17) is 4.74 Å². The van der Waals surface area contributed by atoms with Crippen LogP contribution in [0.5, 0.6) is 5.75 Å². The molecule has 1 atom stereocenters. The topological polar surface area (TPSA) is 45.3 Å². The second-order valence-electron chi connectivity index (χ2n) is 5.00. The quantitative estimate of drug-likeness (QED) is 0.928. The zero-order valence-corrected chi connectivity index (χ0v) is 11.3. The maximum absolute atomic E-state index is 12.4. The van der Waals surface area contributed by atoms with Crippen molar-refractivity contribution in [1.29, 1.82) is 0 Å². The van der Waals surface area contributed by atoms with Gasteiger partial charge in [0.15, 0.2) is 0 Å². The minimum absolute atomic E-state index is 0.0640. The third kappa shape index (κ3) is 2.69. The average Bonchev–Trinajstić information content (AvgIpc) is 3.17. The molecule has 0 aliphatic carbocycles. The fourth-order valence-electron chi connectivity index (χ4n) is 2.60.